The molecule has 1 atom stereocenters. The zero-order valence-corrected chi connectivity index (χ0v) is 14.0. The number of para-hydroxylation sites is 1. The number of rotatable bonds is 4. The third-order valence-electron chi connectivity index (χ3n) is 3.96. The predicted molar refractivity (Wildman–Crippen MR) is 91.2 cm³/mol. The van der Waals surface area contributed by atoms with Gasteiger partial charge in [0.25, 0.3) is 0 Å². The molecule has 0 bridgehead atoms. The van der Waals surface area contributed by atoms with Gasteiger partial charge in [-0.3, -0.25) is 0 Å². The minimum atomic E-state index is -2.85. The van der Waals surface area contributed by atoms with Crippen molar-refractivity contribution in [1.29, 1.82) is 0 Å². The summed E-state index contributed by atoms with van der Waals surface area (Å²) in [6.07, 6.45) is 0.674. The number of nitrogens with zero attached hydrogens (tertiary/aromatic N) is 1. The van der Waals surface area contributed by atoms with Crippen molar-refractivity contribution in [3.8, 4) is 10.8 Å². The number of furan rings is 1. The van der Waals surface area contributed by atoms with E-state index in [4.69, 9.17) is 4.42 Å². The van der Waals surface area contributed by atoms with Gasteiger partial charge in [-0.05, 0) is 30.7 Å². The van der Waals surface area contributed by atoms with Crippen LogP contribution >= 0.6 is 11.3 Å². The molecule has 3 heterocycles. The average molecular weight is 348 g/mol. The van der Waals surface area contributed by atoms with Crippen LogP contribution in [-0.4, -0.2) is 30.9 Å². The molecule has 1 aliphatic rings. The molecule has 3 aromatic rings. The molecule has 0 radical (unpaired) electrons. The largest absolute Gasteiger partial charge is 0.457 e. The molecule has 1 aromatic carbocycles. The van der Waals surface area contributed by atoms with Gasteiger partial charge in [0.15, 0.2) is 20.6 Å². The van der Waals surface area contributed by atoms with Crippen LogP contribution in [-0.2, 0) is 16.4 Å². The molecule has 0 unspecified atom stereocenters. The van der Waals surface area contributed by atoms with Crippen LogP contribution in [0.1, 0.15) is 12.2 Å². The van der Waals surface area contributed by atoms with Crippen LogP contribution in [0, 0.1) is 0 Å². The normalized spacial score (nSPS) is 20.3. The van der Waals surface area contributed by atoms with Crippen molar-refractivity contribution in [3.63, 3.8) is 0 Å². The van der Waals surface area contributed by atoms with Gasteiger partial charge >= 0.3 is 0 Å². The number of aromatic nitrogens is 1. The quantitative estimate of drug-likeness (QED) is 0.785. The second-order valence-electron chi connectivity index (χ2n) is 5.73. The number of thiazole rings is 1. The Bertz CT molecular complexity index is 910. The molecule has 1 aliphatic heterocycles. The molecule has 4 rings (SSSR count). The Balaban J connectivity index is 1.46. The SMILES string of the molecule is O=S1(=O)CC[C@H](NCc2ccc(-c3nc4ccccc4s3)o2)C1. The molecule has 0 spiro atoms. The Morgan fingerprint density at radius 3 is 2.91 bits per heavy atom. The number of benzene rings is 1. The second-order valence-corrected chi connectivity index (χ2v) is 8.99. The highest BCUT2D eigenvalue weighted by Crippen LogP contribution is 2.31. The van der Waals surface area contributed by atoms with Crippen molar-refractivity contribution in [2.24, 2.45) is 0 Å². The van der Waals surface area contributed by atoms with Crippen molar-refractivity contribution in [2.45, 2.75) is 19.0 Å². The molecule has 1 fully saturated rings. The first-order valence-electron chi connectivity index (χ1n) is 7.47. The van der Waals surface area contributed by atoms with Crippen LogP contribution in [0.3, 0.4) is 0 Å². The van der Waals surface area contributed by atoms with Crippen LogP contribution in [0.2, 0.25) is 0 Å². The number of sulfone groups is 1. The first-order valence-corrected chi connectivity index (χ1v) is 10.1. The molecule has 0 amide bonds. The van der Waals surface area contributed by atoms with Crippen LogP contribution in [0.4, 0.5) is 0 Å². The Kier molecular flexibility index (Phi) is 3.71. The molecule has 1 N–H and O–H groups in total. The fourth-order valence-electron chi connectivity index (χ4n) is 2.77. The van der Waals surface area contributed by atoms with E-state index >= 15 is 0 Å². The van der Waals surface area contributed by atoms with Gasteiger partial charge in [-0.25, -0.2) is 13.4 Å². The van der Waals surface area contributed by atoms with E-state index in [1.165, 1.54) is 0 Å². The molecule has 1 saturated heterocycles. The second kappa shape index (κ2) is 5.74. The minimum absolute atomic E-state index is 0.0241. The summed E-state index contributed by atoms with van der Waals surface area (Å²) in [6.45, 7) is 0.533. The van der Waals surface area contributed by atoms with Crippen molar-refractivity contribution < 1.29 is 12.8 Å². The van der Waals surface area contributed by atoms with E-state index in [0.29, 0.717) is 13.0 Å². The topological polar surface area (TPSA) is 72.2 Å². The summed E-state index contributed by atoms with van der Waals surface area (Å²) in [5, 5.41) is 4.12. The van der Waals surface area contributed by atoms with Crippen molar-refractivity contribution in [2.75, 3.05) is 11.5 Å². The Hall–Kier alpha value is -1.70. The summed E-state index contributed by atoms with van der Waals surface area (Å²) in [5.74, 6) is 2.05. The summed E-state index contributed by atoms with van der Waals surface area (Å²) in [7, 11) is -2.85. The highest BCUT2D eigenvalue weighted by atomic mass is 32.2. The van der Waals surface area contributed by atoms with Gasteiger partial charge in [0.2, 0.25) is 0 Å². The first-order chi connectivity index (χ1) is 11.1. The lowest BCUT2D eigenvalue weighted by atomic mass is 10.2. The third-order valence-corrected chi connectivity index (χ3v) is 6.78. The smallest absolute Gasteiger partial charge is 0.163 e. The van der Waals surface area contributed by atoms with Crippen molar-refractivity contribution >= 4 is 31.4 Å². The summed E-state index contributed by atoms with van der Waals surface area (Å²) in [6, 6.07) is 11.9. The molecule has 7 heteroatoms. The number of hydrogen-bond acceptors (Lipinski definition) is 6. The molecular weight excluding hydrogens is 332 g/mol. The van der Waals surface area contributed by atoms with Gasteiger partial charge < -0.3 is 9.73 Å². The van der Waals surface area contributed by atoms with E-state index in [1.807, 2.05) is 36.4 Å². The van der Waals surface area contributed by atoms with Gasteiger partial charge in [-0.2, -0.15) is 0 Å². The first kappa shape index (κ1) is 14.9. The Morgan fingerprint density at radius 1 is 1.26 bits per heavy atom. The predicted octanol–water partition coefficient (Wildman–Crippen LogP) is 2.83. The lowest BCUT2D eigenvalue weighted by molar-refractivity contribution is 0.464. The van der Waals surface area contributed by atoms with E-state index < -0.39 is 9.84 Å². The summed E-state index contributed by atoms with van der Waals surface area (Å²) >= 11 is 1.60. The summed E-state index contributed by atoms with van der Waals surface area (Å²) in [5.41, 5.74) is 0.972. The van der Waals surface area contributed by atoms with E-state index in [0.717, 1.165) is 26.7 Å². The minimum Gasteiger partial charge on any atom is -0.457 e. The monoisotopic (exact) mass is 348 g/mol. The molecule has 0 saturated carbocycles. The molecule has 5 nitrogen and oxygen atoms in total. The lowest BCUT2D eigenvalue weighted by Crippen LogP contribution is -2.29. The Morgan fingerprint density at radius 2 is 2.13 bits per heavy atom. The Labute approximate surface area is 138 Å². The van der Waals surface area contributed by atoms with Gasteiger partial charge in [-0.15, -0.1) is 11.3 Å². The van der Waals surface area contributed by atoms with Crippen molar-refractivity contribution in [1.82, 2.24) is 10.3 Å². The van der Waals surface area contributed by atoms with E-state index in [9.17, 15) is 8.42 Å². The van der Waals surface area contributed by atoms with E-state index in [2.05, 4.69) is 10.3 Å². The maximum absolute atomic E-state index is 11.5. The molecular formula is C16H16N2O3S2. The molecule has 23 heavy (non-hydrogen) atoms. The number of hydrogen-bond donors (Lipinski definition) is 1. The standard InChI is InChI=1S/C16H16N2O3S2/c19-23(20)8-7-11(10-23)17-9-12-5-6-14(21-12)16-18-13-3-1-2-4-15(13)22-16/h1-6,11,17H,7-10H2/t11-/m0/s1. The van der Waals surface area contributed by atoms with E-state index in [-0.39, 0.29) is 17.5 Å². The summed E-state index contributed by atoms with van der Waals surface area (Å²) in [4.78, 5) is 4.58. The van der Waals surface area contributed by atoms with Crippen LogP contribution in [0.25, 0.3) is 21.0 Å². The van der Waals surface area contributed by atoms with Gasteiger partial charge in [0.1, 0.15) is 5.76 Å². The van der Waals surface area contributed by atoms with Crippen molar-refractivity contribution in [3.05, 3.63) is 42.2 Å². The highest BCUT2D eigenvalue weighted by molar-refractivity contribution is 7.91. The zero-order valence-electron chi connectivity index (χ0n) is 12.4. The van der Waals surface area contributed by atoms with E-state index in [1.54, 1.807) is 11.3 Å². The maximum Gasteiger partial charge on any atom is 0.163 e. The third kappa shape index (κ3) is 3.17. The average Bonchev–Trinajstić information content (AvgIpc) is 3.21. The number of nitrogens with one attached hydrogen (secondary N) is 1. The lowest BCUT2D eigenvalue weighted by Gasteiger charge is -2.08. The zero-order chi connectivity index (χ0) is 15.9. The van der Waals surface area contributed by atoms with Gasteiger partial charge in [0.05, 0.1) is 28.3 Å². The highest BCUT2D eigenvalue weighted by Gasteiger charge is 2.27. The molecule has 0 aliphatic carbocycles. The molecule has 2 aromatic heterocycles. The molecule has 120 valence electrons. The van der Waals surface area contributed by atoms with Crippen LogP contribution in [0.5, 0.6) is 0 Å². The fraction of sp³-hybridized carbons (Fsp3) is 0.312. The van der Waals surface area contributed by atoms with Crippen LogP contribution in [0.15, 0.2) is 40.8 Å². The van der Waals surface area contributed by atoms with Crippen LogP contribution < -0.4 is 5.32 Å². The maximum atomic E-state index is 11.5. The summed E-state index contributed by atoms with van der Waals surface area (Å²) < 4.78 is 29.9. The van der Waals surface area contributed by atoms with Gasteiger partial charge in [0, 0.05) is 6.04 Å². The number of fused-ring (bicyclic) bond motifs is 1. The van der Waals surface area contributed by atoms with Gasteiger partial charge in [-0.1, -0.05) is 12.1 Å². The fourth-order valence-corrected chi connectivity index (χ4v) is 5.40.